The topological polar surface area (TPSA) is 51.6 Å². The minimum Gasteiger partial charge on any atom is -0.264 e. The van der Waals surface area contributed by atoms with E-state index in [0.717, 1.165) is 22.3 Å². The standard InChI is InChI=1S/C52H34N4/c1-33-32-53-30-29-37(33)38-19-8-9-20-39(38)42-23-14-26-46-48(42)43-28-27-36(31-47(43)52(46)44-24-12-10-21-40(44)41-22-11-13-25-45(41)52)51-55-49(34-15-4-2-5-16-34)54-50(56-51)35-17-6-3-7-18-35/h2-32H,1H3. The summed E-state index contributed by atoms with van der Waals surface area (Å²) in [4.78, 5) is 19.7. The molecular formula is C52H34N4. The highest BCUT2D eigenvalue weighted by Gasteiger charge is 2.52. The van der Waals surface area contributed by atoms with Crippen LogP contribution < -0.4 is 0 Å². The summed E-state index contributed by atoms with van der Waals surface area (Å²) in [5.74, 6) is 1.94. The number of aryl methyl sites for hydroxylation is 1. The fraction of sp³-hybridized carbons (Fsp3) is 0.0385. The van der Waals surface area contributed by atoms with E-state index in [0.29, 0.717) is 17.5 Å². The Balaban J connectivity index is 1.21. The van der Waals surface area contributed by atoms with Crippen molar-refractivity contribution in [2.24, 2.45) is 0 Å². The number of benzene rings is 7. The Kier molecular flexibility index (Phi) is 7.26. The van der Waals surface area contributed by atoms with Crippen molar-refractivity contribution in [2.75, 3.05) is 0 Å². The largest absolute Gasteiger partial charge is 0.264 e. The Bertz CT molecular complexity index is 2880. The third-order valence-corrected chi connectivity index (χ3v) is 11.6. The van der Waals surface area contributed by atoms with Gasteiger partial charge in [-0.2, -0.15) is 0 Å². The van der Waals surface area contributed by atoms with Crippen molar-refractivity contribution >= 4 is 0 Å². The van der Waals surface area contributed by atoms with Gasteiger partial charge in [-0.3, -0.25) is 4.98 Å². The lowest BCUT2D eigenvalue weighted by Crippen LogP contribution is -2.26. The van der Waals surface area contributed by atoms with Crippen LogP contribution in [0.15, 0.2) is 188 Å². The highest BCUT2D eigenvalue weighted by atomic mass is 15.0. The van der Waals surface area contributed by atoms with Crippen LogP contribution in [0.5, 0.6) is 0 Å². The van der Waals surface area contributed by atoms with Crippen molar-refractivity contribution in [1.29, 1.82) is 0 Å². The molecule has 7 aromatic carbocycles. The van der Waals surface area contributed by atoms with E-state index in [1.807, 2.05) is 48.8 Å². The molecule has 2 aliphatic carbocycles. The molecule has 4 heteroatoms. The molecule has 11 rings (SSSR count). The fourth-order valence-electron chi connectivity index (χ4n) is 9.22. The Morgan fingerprint density at radius 3 is 1.46 bits per heavy atom. The summed E-state index contributed by atoms with van der Waals surface area (Å²) in [6.45, 7) is 2.14. The third-order valence-electron chi connectivity index (χ3n) is 11.6. The van der Waals surface area contributed by atoms with Crippen LogP contribution in [0.3, 0.4) is 0 Å². The lowest BCUT2D eigenvalue weighted by atomic mass is 9.70. The normalized spacial score (nSPS) is 12.9. The van der Waals surface area contributed by atoms with Gasteiger partial charge in [0, 0.05) is 29.1 Å². The van der Waals surface area contributed by atoms with Gasteiger partial charge in [0.25, 0.3) is 0 Å². The van der Waals surface area contributed by atoms with Crippen LogP contribution in [-0.2, 0) is 5.41 Å². The maximum atomic E-state index is 5.17. The van der Waals surface area contributed by atoms with Crippen molar-refractivity contribution in [3.63, 3.8) is 0 Å². The molecule has 0 N–H and O–H groups in total. The molecule has 2 aliphatic rings. The van der Waals surface area contributed by atoms with Gasteiger partial charge in [-0.1, -0.05) is 164 Å². The van der Waals surface area contributed by atoms with Crippen molar-refractivity contribution in [1.82, 2.24) is 19.9 Å². The van der Waals surface area contributed by atoms with Crippen LogP contribution in [0.25, 0.3) is 78.7 Å². The molecule has 9 aromatic rings. The quantitative estimate of drug-likeness (QED) is 0.178. The van der Waals surface area contributed by atoms with Crippen LogP contribution in [0.4, 0.5) is 0 Å². The summed E-state index contributed by atoms with van der Waals surface area (Å²) in [6, 6.07) is 62.9. The lowest BCUT2D eigenvalue weighted by molar-refractivity contribution is 0.794. The number of nitrogens with zero attached hydrogens (tertiary/aromatic N) is 4. The zero-order valence-electron chi connectivity index (χ0n) is 30.7. The molecule has 2 heterocycles. The van der Waals surface area contributed by atoms with E-state index >= 15 is 0 Å². The maximum Gasteiger partial charge on any atom is 0.164 e. The summed E-state index contributed by atoms with van der Waals surface area (Å²) in [7, 11) is 0. The summed E-state index contributed by atoms with van der Waals surface area (Å²) in [5, 5.41) is 0. The number of hydrogen-bond acceptors (Lipinski definition) is 4. The summed E-state index contributed by atoms with van der Waals surface area (Å²) in [6.07, 6.45) is 3.84. The van der Waals surface area contributed by atoms with Crippen LogP contribution in [0.2, 0.25) is 0 Å². The van der Waals surface area contributed by atoms with E-state index in [1.165, 1.54) is 66.8 Å². The van der Waals surface area contributed by atoms with Crippen LogP contribution >= 0.6 is 0 Å². The fourth-order valence-corrected chi connectivity index (χ4v) is 9.22. The van der Waals surface area contributed by atoms with Gasteiger partial charge in [-0.25, -0.2) is 15.0 Å². The van der Waals surface area contributed by atoms with E-state index in [2.05, 4.69) is 151 Å². The predicted molar refractivity (Wildman–Crippen MR) is 226 cm³/mol. The van der Waals surface area contributed by atoms with Crippen molar-refractivity contribution in [3.05, 3.63) is 216 Å². The molecule has 0 aliphatic heterocycles. The highest BCUT2D eigenvalue weighted by Crippen LogP contribution is 2.64. The van der Waals surface area contributed by atoms with E-state index in [4.69, 9.17) is 15.0 Å². The molecular weight excluding hydrogens is 681 g/mol. The maximum absolute atomic E-state index is 5.17. The first-order valence-corrected chi connectivity index (χ1v) is 19.1. The van der Waals surface area contributed by atoms with E-state index in [9.17, 15) is 0 Å². The van der Waals surface area contributed by atoms with Crippen LogP contribution in [0.1, 0.15) is 27.8 Å². The second kappa shape index (κ2) is 12.6. The SMILES string of the molecule is Cc1cnccc1-c1ccccc1-c1cccc2c1-c1ccc(-c3nc(-c4ccccc4)nc(-c4ccccc4)n3)cc1C21c2ccccc2-c2ccccc21. The van der Waals surface area contributed by atoms with Gasteiger partial charge >= 0.3 is 0 Å². The van der Waals surface area contributed by atoms with Crippen LogP contribution in [0, 0.1) is 6.92 Å². The molecule has 0 bridgehead atoms. The molecule has 262 valence electrons. The highest BCUT2D eigenvalue weighted by molar-refractivity contribution is 6.02. The second-order valence-electron chi connectivity index (χ2n) is 14.6. The molecule has 0 saturated heterocycles. The first-order valence-electron chi connectivity index (χ1n) is 19.1. The minimum atomic E-state index is -0.553. The van der Waals surface area contributed by atoms with Crippen LogP contribution in [-0.4, -0.2) is 19.9 Å². The first-order chi connectivity index (χ1) is 27.7. The summed E-state index contributed by atoms with van der Waals surface area (Å²) >= 11 is 0. The number of rotatable bonds is 5. The Morgan fingerprint density at radius 1 is 0.357 bits per heavy atom. The van der Waals surface area contributed by atoms with Gasteiger partial charge in [0.15, 0.2) is 17.5 Å². The summed E-state index contributed by atoms with van der Waals surface area (Å²) in [5.41, 5.74) is 18.3. The third kappa shape index (κ3) is 4.72. The molecule has 4 nitrogen and oxygen atoms in total. The average Bonchev–Trinajstić information content (AvgIpc) is 3.74. The zero-order chi connectivity index (χ0) is 37.2. The molecule has 1 spiro atoms. The summed E-state index contributed by atoms with van der Waals surface area (Å²) < 4.78 is 0. The Hall–Kier alpha value is -7.30. The second-order valence-corrected chi connectivity index (χ2v) is 14.6. The Labute approximate surface area is 325 Å². The molecule has 0 radical (unpaired) electrons. The monoisotopic (exact) mass is 714 g/mol. The molecule has 0 unspecified atom stereocenters. The lowest BCUT2D eigenvalue weighted by Gasteiger charge is -2.31. The van der Waals surface area contributed by atoms with E-state index in [-0.39, 0.29) is 0 Å². The molecule has 2 aromatic heterocycles. The first kappa shape index (κ1) is 32.2. The molecule has 0 amide bonds. The number of aromatic nitrogens is 4. The molecule has 0 saturated carbocycles. The molecule has 0 atom stereocenters. The Morgan fingerprint density at radius 2 is 0.857 bits per heavy atom. The van der Waals surface area contributed by atoms with E-state index in [1.54, 1.807) is 0 Å². The van der Waals surface area contributed by atoms with Gasteiger partial charge in [-0.15, -0.1) is 0 Å². The molecule has 0 fully saturated rings. The van der Waals surface area contributed by atoms with Gasteiger partial charge in [0.1, 0.15) is 0 Å². The predicted octanol–water partition coefficient (Wildman–Crippen LogP) is 12.3. The number of hydrogen-bond donors (Lipinski definition) is 0. The van der Waals surface area contributed by atoms with E-state index < -0.39 is 5.41 Å². The number of pyridine rings is 1. The van der Waals surface area contributed by atoms with Gasteiger partial charge < -0.3 is 0 Å². The van der Waals surface area contributed by atoms with Gasteiger partial charge in [0.2, 0.25) is 0 Å². The zero-order valence-corrected chi connectivity index (χ0v) is 30.7. The average molecular weight is 715 g/mol. The van der Waals surface area contributed by atoms with Crippen molar-refractivity contribution < 1.29 is 0 Å². The van der Waals surface area contributed by atoms with Crippen molar-refractivity contribution in [3.8, 4) is 78.7 Å². The van der Waals surface area contributed by atoms with Gasteiger partial charge in [0.05, 0.1) is 5.41 Å². The minimum absolute atomic E-state index is 0.553. The van der Waals surface area contributed by atoms with Gasteiger partial charge in [-0.05, 0) is 91.4 Å². The van der Waals surface area contributed by atoms with Crippen molar-refractivity contribution in [2.45, 2.75) is 12.3 Å². The number of fused-ring (bicyclic) bond motifs is 10. The molecule has 56 heavy (non-hydrogen) atoms. The smallest absolute Gasteiger partial charge is 0.164 e.